The van der Waals surface area contributed by atoms with Gasteiger partial charge in [-0.2, -0.15) is 5.10 Å². The SMILES string of the molecule is CC(C)(C(=O)O)n1cc(-c2ccccc2)cn1. The minimum Gasteiger partial charge on any atom is -0.479 e. The van der Waals surface area contributed by atoms with Crippen LogP contribution < -0.4 is 0 Å². The topological polar surface area (TPSA) is 55.1 Å². The highest BCUT2D eigenvalue weighted by atomic mass is 16.4. The van der Waals surface area contributed by atoms with Crippen molar-refractivity contribution in [3.8, 4) is 11.1 Å². The first kappa shape index (κ1) is 11.4. The third-order valence-electron chi connectivity index (χ3n) is 2.79. The molecule has 1 N–H and O–H groups in total. The van der Waals surface area contributed by atoms with Crippen molar-refractivity contribution in [2.24, 2.45) is 0 Å². The predicted octanol–water partition coefficient (Wildman–Crippen LogP) is 2.37. The van der Waals surface area contributed by atoms with Gasteiger partial charge < -0.3 is 5.11 Å². The molecular weight excluding hydrogens is 216 g/mol. The fourth-order valence-corrected chi connectivity index (χ4v) is 1.51. The Morgan fingerprint density at radius 1 is 1.24 bits per heavy atom. The van der Waals surface area contributed by atoms with Crippen LogP contribution in [0.4, 0.5) is 0 Å². The van der Waals surface area contributed by atoms with Crippen LogP contribution in [0.25, 0.3) is 11.1 Å². The van der Waals surface area contributed by atoms with Crippen LogP contribution >= 0.6 is 0 Å². The molecule has 0 radical (unpaired) electrons. The number of hydrogen-bond donors (Lipinski definition) is 1. The van der Waals surface area contributed by atoms with Crippen molar-refractivity contribution in [3.63, 3.8) is 0 Å². The van der Waals surface area contributed by atoms with Crippen LogP contribution in [0.2, 0.25) is 0 Å². The molecule has 0 unspecified atom stereocenters. The highest BCUT2D eigenvalue weighted by molar-refractivity contribution is 5.75. The van der Waals surface area contributed by atoms with E-state index in [1.165, 1.54) is 4.68 Å². The summed E-state index contributed by atoms with van der Waals surface area (Å²) in [7, 11) is 0. The number of nitrogens with zero attached hydrogens (tertiary/aromatic N) is 2. The van der Waals surface area contributed by atoms with Crippen molar-refractivity contribution < 1.29 is 9.90 Å². The van der Waals surface area contributed by atoms with Gasteiger partial charge in [-0.25, -0.2) is 4.79 Å². The zero-order valence-corrected chi connectivity index (χ0v) is 9.79. The molecule has 2 rings (SSSR count). The van der Waals surface area contributed by atoms with Crippen LogP contribution in [0.1, 0.15) is 13.8 Å². The molecule has 17 heavy (non-hydrogen) atoms. The van der Waals surface area contributed by atoms with Gasteiger partial charge in [-0.1, -0.05) is 30.3 Å². The summed E-state index contributed by atoms with van der Waals surface area (Å²) in [6.45, 7) is 3.24. The van der Waals surface area contributed by atoms with E-state index in [-0.39, 0.29) is 0 Å². The van der Waals surface area contributed by atoms with Gasteiger partial charge in [0.2, 0.25) is 0 Å². The summed E-state index contributed by atoms with van der Waals surface area (Å²) >= 11 is 0. The van der Waals surface area contributed by atoms with E-state index in [0.717, 1.165) is 11.1 Å². The largest absolute Gasteiger partial charge is 0.479 e. The van der Waals surface area contributed by atoms with E-state index in [1.807, 2.05) is 30.3 Å². The molecular formula is C13H14N2O2. The summed E-state index contributed by atoms with van der Waals surface area (Å²) in [6, 6.07) is 9.75. The minimum absolute atomic E-state index is 0.903. The molecule has 0 atom stereocenters. The lowest BCUT2D eigenvalue weighted by molar-refractivity contribution is -0.146. The number of aromatic nitrogens is 2. The maximum atomic E-state index is 11.1. The van der Waals surface area contributed by atoms with Crippen LogP contribution in [-0.4, -0.2) is 20.9 Å². The molecule has 4 heteroatoms. The number of aliphatic carboxylic acids is 1. The van der Waals surface area contributed by atoms with Gasteiger partial charge in [-0.05, 0) is 19.4 Å². The zero-order valence-electron chi connectivity index (χ0n) is 9.79. The Hall–Kier alpha value is -2.10. The molecule has 88 valence electrons. The average molecular weight is 230 g/mol. The second kappa shape index (κ2) is 4.05. The quantitative estimate of drug-likeness (QED) is 0.880. The molecule has 0 saturated carbocycles. The summed E-state index contributed by atoms with van der Waals surface area (Å²) in [6.07, 6.45) is 3.43. The standard InChI is InChI=1S/C13H14N2O2/c1-13(2,12(16)17)15-9-11(8-14-15)10-6-4-3-5-7-10/h3-9H,1-2H3,(H,16,17). The summed E-state index contributed by atoms with van der Waals surface area (Å²) in [5, 5.41) is 13.2. The second-order valence-electron chi connectivity index (χ2n) is 4.40. The lowest BCUT2D eigenvalue weighted by atomic mass is 10.1. The normalized spacial score (nSPS) is 11.4. The van der Waals surface area contributed by atoms with Crippen molar-refractivity contribution in [2.75, 3.05) is 0 Å². The highest BCUT2D eigenvalue weighted by Crippen LogP contribution is 2.21. The van der Waals surface area contributed by atoms with Gasteiger partial charge in [-0.15, -0.1) is 0 Å². The molecule has 0 aliphatic rings. The van der Waals surface area contributed by atoms with Crippen LogP contribution in [0.3, 0.4) is 0 Å². The summed E-state index contributed by atoms with van der Waals surface area (Å²) in [5.74, 6) is -0.903. The maximum Gasteiger partial charge on any atom is 0.331 e. The molecule has 0 spiro atoms. The molecule has 0 aliphatic heterocycles. The number of hydrogen-bond acceptors (Lipinski definition) is 2. The number of benzene rings is 1. The van der Waals surface area contributed by atoms with Crippen molar-refractivity contribution in [3.05, 3.63) is 42.7 Å². The third kappa shape index (κ3) is 2.06. The van der Waals surface area contributed by atoms with Gasteiger partial charge in [-0.3, -0.25) is 4.68 Å². The third-order valence-corrected chi connectivity index (χ3v) is 2.79. The van der Waals surface area contributed by atoms with E-state index in [9.17, 15) is 4.79 Å². The first-order chi connectivity index (χ1) is 8.01. The smallest absolute Gasteiger partial charge is 0.331 e. The molecule has 0 bridgehead atoms. The second-order valence-corrected chi connectivity index (χ2v) is 4.40. The Balaban J connectivity index is 2.38. The molecule has 1 aromatic heterocycles. The fourth-order valence-electron chi connectivity index (χ4n) is 1.51. The average Bonchev–Trinajstić information content (AvgIpc) is 2.80. The first-order valence-corrected chi connectivity index (χ1v) is 5.36. The summed E-state index contributed by atoms with van der Waals surface area (Å²) in [4.78, 5) is 11.1. The van der Waals surface area contributed by atoms with Gasteiger partial charge in [0.1, 0.15) is 0 Å². The zero-order chi connectivity index (χ0) is 12.5. The lowest BCUT2D eigenvalue weighted by Gasteiger charge is -2.19. The van der Waals surface area contributed by atoms with Crippen LogP contribution in [0.5, 0.6) is 0 Å². The Morgan fingerprint density at radius 2 is 1.88 bits per heavy atom. The Kier molecular flexibility index (Phi) is 2.71. The number of carboxylic acid groups (broad SMARTS) is 1. The first-order valence-electron chi connectivity index (χ1n) is 5.36. The van der Waals surface area contributed by atoms with Gasteiger partial charge in [0.05, 0.1) is 6.20 Å². The Morgan fingerprint density at radius 3 is 2.47 bits per heavy atom. The minimum atomic E-state index is -1.03. The summed E-state index contributed by atoms with van der Waals surface area (Å²) in [5.41, 5.74) is 0.910. The molecule has 1 aromatic carbocycles. The molecule has 0 amide bonds. The van der Waals surface area contributed by atoms with E-state index in [2.05, 4.69) is 5.10 Å². The van der Waals surface area contributed by atoms with Crippen molar-refractivity contribution in [1.82, 2.24) is 9.78 Å². The molecule has 1 heterocycles. The molecule has 0 saturated heterocycles. The van der Waals surface area contributed by atoms with Crippen LogP contribution in [-0.2, 0) is 10.3 Å². The highest BCUT2D eigenvalue weighted by Gasteiger charge is 2.30. The van der Waals surface area contributed by atoms with Gasteiger partial charge >= 0.3 is 5.97 Å². The van der Waals surface area contributed by atoms with Crippen LogP contribution in [0, 0.1) is 0 Å². The Bertz CT molecular complexity index is 529. The molecule has 2 aromatic rings. The van der Waals surface area contributed by atoms with Gasteiger partial charge in [0.15, 0.2) is 5.54 Å². The number of rotatable bonds is 3. The Labute approximate surface area is 99.5 Å². The van der Waals surface area contributed by atoms with E-state index in [1.54, 1.807) is 26.2 Å². The van der Waals surface area contributed by atoms with Gasteiger partial charge in [0, 0.05) is 11.8 Å². The van der Waals surface area contributed by atoms with E-state index in [4.69, 9.17) is 5.11 Å². The van der Waals surface area contributed by atoms with E-state index in [0.29, 0.717) is 0 Å². The fraction of sp³-hybridized carbons (Fsp3) is 0.231. The van der Waals surface area contributed by atoms with E-state index >= 15 is 0 Å². The number of carbonyl (C=O) groups is 1. The number of carboxylic acids is 1. The van der Waals surface area contributed by atoms with Crippen molar-refractivity contribution in [2.45, 2.75) is 19.4 Å². The lowest BCUT2D eigenvalue weighted by Crippen LogP contribution is -2.35. The monoisotopic (exact) mass is 230 g/mol. The van der Waals surface area contributed by atoms with Crippen molar-refractivity contribution in [1.29, 1.82) is 0 Å². The molecule has 4 nitrogen and oxygen atoms in total. The van der Waals surface area contributed by atoms with Crippen LogP contribution in [0.15, 0.2) is 42.7 Å². The van der Waals surface area contributed by atoms with Gasteiger partial charge in [0.25, 0.3) is 0 Å². The molecule has 0 fully saturated rings. The molecule has 0 aliphatic carbocycles. The predicted molar refractivity (Wildman–Crippen MR) is 64.6 cm³/mol. The van der Waals surface area contributed by atoms with Crippen molar-refractivity contribution >= 4 is 5.97 Å². The summed E-state index contributed by atoms with van der Waals surface area (Å²) < 4.78 is 1.47. The maximum absolute atomic E-state index is 11.1. The van der Waals surface area contributed by atoms with E-state index < -0.39 is 11.5 Å².